The molecule has 0 aromatic rings. The van der Waals surface area contributed by atoms with E-state index in [1.54, 1.807) is 0 Å². The van der Waals surface area contributed by atoms with Gasteiger partial charge < -0.3 is 119 Å². The molecule has 0 aromatic heterocycles. The van der Waals surface area contributed by atoms with E-state index in [2.05, 4.69) is 75.0 Å². The van der Waals surface area contributed by atoms with Gasteiger partial charge in [-0.05, 0) is 51.4 Å². The van der Waals surface area contributed by atoms with Crippen LogP contribution < -0.4 is 0 Å². The van der Waals surface area contributed by atoms with Crippen molar-refractivity contribution >= 4 is 117 Å². The molecule has 0 saturated heterocycles. The normalized spacial score (nSPS) is 9.90. The van der Waals surface area contributed by atoms with Crippen LogP contribution in [0.15, 0.2) is 0 Å². The van der Waals surface area contributed by atoms with Gasteiger partial charge in [0.1, 0.15) is 0 Å². The van der Waals surface area contributed by atoms with E-state index in [0.717, 1.165) is 52.4 Å². The molecule has 14 heteroatoms. The van der Waals surface area contributed by atoms with Gasteiger partial charge in [0.05, 0.1) is 0 Å². The van der Waals surface area contributed by atoms with E-state index in [9.17, 15) is 0 Å². The first-order valence-electron chi connectivity index (χ1n) is 22.9. The fourth-order valence-electron chi connectivity index (χ4n) is 5.60. The van der Waals surface area contributed by atoms with Crippen LogP contribution in [0.5, 0.6) is 0 Å². The maximum absolute atomic E-state index is 8.26. The summed E-state index contributed by atoms with van der Waals surface area (Å²) in [5.41, 5.74) is 0. The second kappa shape index (κ2) is 57.9. The monoisotopic (exact) mass is 1040 g/mol. The molecule has 5 nitrogen and oxygen atoms in total. The van der Waals surface area contributed by atoms with E-state index in [-0.39, 0.29) is 0 Å². The number of hydrogen-bond acceptors (Lipinski definition) is 9. The van der Waals surface area contributed by atoms with E-state index in [0.29, 0.717) is 37.1 Å². The SMILES string of the molecule is CCCCCN(CCCCC)C(=S)[S-].CCCCCN(CCCCC)C(=S)[S-].CCCCCN(CCCCC)C(=S)[S-].CCCCCN(CCCCC)C(=S)[S-].[O]=[Mo+4]. The Hall–Kier alpha value is 0.928. The first-order valence-corrected chi connectivity index (χ1v) is 27.0. The van der Waals surface area contributed by atoms with Gasteiger partial charge in [-0.15, -0.1) is 0 Å². The Morgan fingerprint density at radius 3 is 0.466 bits per heavy atom. The number of thiocarbonyl (C=S) groups is 4. The van der Waals surface area contributed by atoms with Gasteiger partial charge in [-0.25, -0.2) is 0 Å². The summed E-state index contributed by atoms with van der Waals surface area (Å²) in [7, 11) is 0. The third kappa shape index (κ3) is 54.9. The van der Waals surface area contributed by atoms with Crippen molar-refractivity contribution in [2.24, 2.45) is 0 Å². The summed E-state index contributed by atoms with van der Waals surface area (Å²) in [5.74, 6) is 0. The molecule has 0 saturated carbocycles. The number of hydrogen-bond donors (Lipinski definition) is 0. The molecular formula is C44H88MoN4OS8. The molecule has 58 heavy (non-hydrogen) atoms. The molecule has 0 bridgehead atoms. The van der Waals surface area contributed by atoms with E-state index < -0.39 is 0 Å². The van der Waals surface area contributed by atoms with Crippen LogP contribution >= 0.6 is 48.9 Å². The summed E-state index contributed by atoms with van der Waals surface area (Å²) in [5, 5.41) is 0. The molecule has 0 unspecified atom stereocenters. The quantitative estimate of drug-likeness (QED) is 0.0278. The van der Waals surface area contributed by atoms with Crippen molar-refractivity contribution in [3.63, 3.8) is 0 Å². The van der Waals surface area contributed by atoms with E-state index in [1.165, 1.54) is 154 Å². The zero-order valence-corrected chi connectivity index (χ0v) is 47.0. The van der Waals surface area contributed by atoms with Gasteiger partial charge in [-0.3, -0.25) is 0 Å². The topological polar surface area (TPSA) is 30.0 Å². The Labute approximate surface area is 417 Å². The maximum atomic E-state index is 8.26. The molecule has 0 radical (unpaired) electrons. The number of nitrogens with zero attached hydrogens (tertiary/aromatic N) is 4. The van der Waals surface area contributed by atoms with Crippen molar-refractivity contribution in [2.45, 2.75) is 209 Å². The third-order valence-electron chi connectivity index (χ3n) is 9.29. The van der Waals surface area contributed by atoms with Crippen LogP contribution in [0.25, 0.3) is 0 Å². The standard InChI is InChI=1S/4C11H23NS2.Mo.O/c4*1-3-5-7-9-12(11(13)14)10-8-6-4-2;;/h4*3-10H2,1-2H3,(H,13,14);;/q;;;;+4;/p-4. The first-order chi connectivity index (χ1) is 27.9. The van der Waals surface area contributed by atoms with Gasteiger partial charge in [0.2, 0.25) is 0 Å². The molecule has 0 aliphatic heterocycles. The molecule has 344 valence electrons. The summed E-state index contributed by atoms with van der Waals surface area (Å²) in [6.07, 6.45) is 30.1. The molecule has 0 amide bonds. The van der Waals surface area contributed by atoms with Crippen LogP contribution in [0, 0.1) is 0 Å². The molecule has 0 atom stereocenters. The van der Waals surface area contributed by atoms with Gasteiger partial charge >= 0.3 is 23.2 Å². The summed E-state index contributed by atoms with van der Waals surface area (Å²) in [6.45, 7) is 26.2. The molecule has 0 heterocycles. The Balaban J connectivity index is -0.000000212. The Morgan fingerprint density at radius 2 is 0.397 bits per heavy atom. The number of unbranched alkanes of at least 4 members (excludes halogenated alkanes) is 16. The Morgan fingerprint density at radius 1 is 0.293 bits per heavy atom. The molecule has 0 aromatic carbocycles. The summed E-state index contributed by atoms with van der Waals surface area (Å²) >= 11 is 41.2. The first kappa shape index (κ1) is 68.0. The van der Waals surface area contributed by atoms with Crippen molar-refractivity contribution in [1.82, 2.24) is 19.6 Å². The predicted molar refractivity (Wildman–Crippen MR) is 283 cm³/mol. The third-order valence-corrected chi connectivity index (χ3v) is 11.4. The predicted octanol–water partition coefficient (Wildman–Crippen LogP) is 13.9. The van der Waals surface area contributed by atoms with Crippen molar-refractivity contribution in [2.75, 3.05) is 52.4 Å². The molecule has 0 aliphatic carbocycles. The molecular weight excluding hydrogens is 953 g/mol. The fraction of sp³-hybridized carbons (Fsp3) is 0.909. The average Bonchev–Trinajstić information content (AvgIpc) is 3.20. The minimum atomic E-state index is 0.650. The van der Waals surface area contributed by atoms with E-state index in [1.807, 2.05) is 0 Å². The van der Waals surface area contributed by atoms with Gasteiger partial charge in [0, 0.05) is 52.4 Å². The van der Waals surface area contributed by atoms with Crippen LogP contribution in [0.1, 0.15) is 209 Å². The Kier molecular flexibility index (Phi) is 67.9. The second-order valence-electron chi connectivity index (χ2n) is 14.7. The summed E-state index contributed by atoms with van der Waals surface area (Å²) < 4.78 is 10.9. The molecule has 0 fully saturated rings. The van der Waals surface area contributed by atoms with Gasteiger partial charge in [0.15, 0.2) is 0 Å². The second-order valence-corrected chi connectivity index (χ2v) is 18.8. The zero-order chi connectivity index (χ0) is 45.2. The average molecular weight is 1040 g/mol. The van der Waals surface area contributed by atoms with Crippen LogP contribution in [-0.4, -0.2) is 89.2 Å². The zero-order valence-electron chi connectivity index (χ0n) is 38.5. The fourth-order valence-corrected chi connectivity index (χ4v) is 7.06. The van der Waals surface area contributed by atoms with Crippen molar-refractivity contribution in [3.05, 3.63) is 0 Å². The number of rotatable bonds is 32. The van der Waals surface area contributed by atoms with Gasteiger partial charge in [-0.1, -0.05) is 175 Å². The summed E-state index contributed by atoms with van der Waals surface area (Å²) in [4.78, 5) is 8.71. The van der Waals surface area contributed by atoms with E-state index >= 15 is 0 Å². The molecule has 0 spiro atoms. The molecule has 0 rings (SSSR count). The van der Waals surface area contributed by atoms with E-state index in [4.69, 9.17) is 103 Å². The van der Waals surface area contributed by atoms with Gasteiger partial charge in [0.25, 0.3) is 0 Å². The van der Waals surface area contributed by atoms with Crippen LogP contribution in [0.2, 0.25) is 0 Å². The molecule has 0 aliphatic rings. The van der Waals surface area contributed by atoms with Gasteiger partial charge in [-0.2, -0.15) is 0 Å². The summed E-state index contributed by atoms with van der Waals surface area (Å²) in [6, 6.07) is 0. The Bertz CT molecular complexity index is 719. The van der Waals surface area contributed by atoms with Crippen molar-refractivity contribution in [3.8, 4) is 0 Å². The van der Waals surface area contributed by atoms with Crippen LogP contribution in [0.4, 0.5) is 0 Å². The minimum absolute atomic E-state index is 0.650. The van der Waals surface area contributed by atoms with Crippen LogP contribution in [-0.2, 0) is 73.7 Å². The van der Waals surface area contributed by atoms with Crippen molar-refractivity contribution < 1.29 is 23.2 Å². The van der Waals surface area contributed by atoms with Crippen molar-refractivity contribution in [1.29, 1.82) is 0 Å². The molecule has 0 N–H and O–H groups in total. The van der Waals surface area contributed by atoms with Crippen LogP contribution in [0.3, 0.4) is 0 Å².